The molecule has 4 rings (SSSR count). The number of ketones is 1. The van der Waals surface area contributed by atoms with Crippen molar-refractivity contribution in [1.82, 2.24) is 4.90 Å². The van der Waals surface area contributed by atoms with E-state index in [2.05, 4.69) is 0 Å². The number of likely N-dealkylation sites (tertiary alicyclic amines) is 1. The second kappa shape index (κ2) is 5.91. The number of Topliss-reactive ketones (excluding diaryl/α,β-unsaturated/α-hetero) is 1. The summed E-state index contributed by atoms with van der Waals surface area (Å²) in [6.45, 7) is 2.72. The van der Waals surface area contributed by atoms with E-state index in [1.807, 2.05) is 6.92 Å². The van der Waals surface area contributed by atoms with Gasteiger partial charge in [0.05, 0.1) is 0 Å². The second-order valence-corrected chi connectivity index (χ2v) is 6.33. The smallest absolute Gasteiger partial charge is 0.336 e. The highest BCUT2D eigenvalue weighted by molar-refractivity contribution is 5.85. The van der Waals surface area contributed by atoms with Crippen molar-refractivity contribution in [2.45, 2.75) is 32.5 Å². The maximum atomic E-state index is 12.3. The van der Waals surface area contributed by atoms with Gasteiger partial charge < -0.3 is 18.8 Å². The summed E-state index contributed by atoms with van der Waals surface area (Å²) in [5.74, 6) is 1.06. The summed E-state index contributed by atoms with van der Waals surface area (Å²) in [5, 5.41) is 0.767. The van der Waals surface area contributed by atoms with Gasteiger partial charge in [-0.1, -0.05) is 0 Å². The molecule has 1 fully saturated rings. The molecule has 1 aromatic heterocycles. The number of hydrogen-bond acceptors (Lipinski definition) is 6. The lowest BCUT2D eigenvalue weighted by atomic mass is 10.1. The maximum absolute atomic E-state index is 12.3. The molecular formula is C18H17NO6. The van der Waals surface area contributed by atoms with Crippen LogP contribution in [0.25, 0.3) is 11.0 Å². The van der Waals surface area contributed by atoms with Crippen molar-refractivity contribution in [1.29, 1.82) is 0 Å². The van der Waals surface area contributed by atoms with Crippen LogP contribution in [0.2, 0.25) is 0 Å². The number of piperidine rings is 1. The van der Waals surface area contributed by atoms with Crippen molar-refractivity contribution in [3.63, 3.8) is 0 Å². The summed E-state index contributed by atoms with van der Waals surface area (Å²) in [5.41, 5.74) is 0.791. The molecule has 3 heterocycles. The zero-order valence-corrected chi connectivity index (χ0v) is 13.7. The number of nitrogens with zero attached hydrogens (tertiary/aromatic N) is 1. The molecule has 2 aliphatic heterocycles. The molecule has 0 saturated carbocycles. The zero-order chi connectivity index (χ0) is 17.6. The van der Waals surface area contributed by atoms with E-state index in [4.69, 9.17) is 13.9 Å². The molecule has 1 unspecified atom stereocenters. The highest BCUT2D eigenvalue weighted by Gasteiger charge is 2.30. The van der Waals surface area contributed by atoms with Crippen LogP contribution >= 0.6 is 0 Å². The van der Waals surface area contributed by atoms with Crippen LogP contribution in [-0.2, 0) is 9.59 Å². The number of carbonyl (C=O) groups is 2. The lowest BCUT2D eigenvalue weighted by molar-refractivity contribution is -0.138. The molecule has 25 heavy (non-hydrogen) atoms. The lowest BCUT2D eigenvalue weighted by Crippen LogP contribution is -2.41. The molecule has 0 bridgehead atoms. The predicted octanol–water partition coefficient (Wildman–Crippen LogP) is 1.78. The molecule has 0 aliphatic carbocycles. The Labute approximate surface area is 143 Å². The standard InChI is InChI=1S/C18H17NO6/c1-10-6-17(22)23-13-8-15-14(7-12(10)13)24-18(25-15)9-16(21)19-4-2-11(20)3-5-19/h6-8,18H,2-5,9H2,1H3. The zero-order valence-electron chi connectivity index (χ0n) is 13.7. The van der Waals surface area contributed by atoms with E-state index >= 15 is 0 Å². The van der Waals surface area contributed by atoms with Gasteiger partial charge in [0, 0.05) is 43.5 Å². The summed E-state index contributed by atoms with van der Waals surface area (Å²) in [7, 11) is 0. The molecule has 1 amide bonds. The van der Waals surface area contributed by atoms with Gasteiger partial charge in [0.25, 0.3) is 0 Å². The average Bonchev–Trinajstić information content (AvgIpc) is 2.94. The Bertz CT molecular complexity index is 921. The van der Waals surface area contributed by atoms with Crippen LogP contribution in [0, 0.1) is 6.92 Å². The molecule has 130 valence electrons. The third kappa shape index (κ3) is 2.97. The van der Waals surface area contributed by atoms with Crippen LogP contribution in [-0.4, -0.2) is 36.0 Å². The van der Waals surface area contributed by atoms with E-state index < -0.39 is 11.9 Å². The normalized spacial score (nSPS) is 19.5. The third-order valence-electron chi connectivity index (χ3n) is 4.55. The fraction of sp³-hybridized carbons (Fsp3) is 0.389. The van der Waals surface area contributed by atoms with Crippen molar-refractivity contribution in [2.75, 3.05) is 13.1 Å². The van der Waals surface area contributed by atoms with Gasteiger partial charge in [0.15, 0.2) is 11.5 Å². The predicted molar refractivity (Wildman–Crippen MR) is 87.7 cm³/mol. The molecule has 0 spiro atoms. The van der Waals surface area contributed by atoms with Crippen molar-refractivity contribution in [2.24, 2.45) is 0 Å². The Balaban J connectivity index is 1.50. The van der Waals surface area contributed by atoms with Crippen molar-refractivity contribution in [3.05, 3.63) is 34.2 Å². The van der Waals surface area contributed by atoms with Gasteiger partial charge in [0.2, 0.25) is 12.2 Å². The van der Waals surface area contributed by atoms with Gasteiger partial charge in [-0.3, -0.25) is 9.59 Å². The van der Waals surface area contributed by atoms with Gasteiger partial charge in [-0.25, -0.2) is 4.79 Å². The largest absolute Gasteiger partial charge is 0.450 e. The Kier molecular flexibility index (Phi) is 3.71. The number of hydrogen-bond donors (Lipinski definition) is 0. The molecule has 1 saturated heterocycles. The number of ether oxygens (including phenoxy) is 2. The molecule has 0 N–H and O–H groups in total. The summed E-state index contributed by atoms with van der Waals surface area (Å²) in [6, 6.07) is 4.79. The SMILES string of the molecule is Cc1cc(=O)oc2cc3c(cc12)OC(CC(=O)N1CCC(=O)CC1)O3. The number of amides is 1. The van der Waals surface area contributed by atoms with Crippen molar-refractivity contribution < 1.29 is 23.5 Å². The molecule has 1 atom stereocenters. The average molecular weight is 343 g/mol. The highest BCUT2D eigenvalue weighted by Crippen LogP contribution is 2.39. The summed E-state index contributed by atoms with van der Waals surface area (Å²) in [4.78, 5) is 36.8. The van der Waals surface area contributed by atoms with Crippen LogP contribution < -0.4 is 15.1 Å². The van der Waals surface area contributed by atoms with Crippen LogP contribution in [0.4, 0.5) is 0 Å². The topological polar surface area (TPSA) is 86.0 Å². The minimum absolute atomic E-state index is 0.0716. The minimum atomic E-state index is -0.719. The number of benzene rings is 1. The first-order valence-electron chi connectivity index (χ1n) is 8.21. The summed E-state index contributed by atoms with van der Waals surface area (Å²) < 4.78 is 16.6. The Morgan fingerprint density at radius 3 is 2.52 bits per heavy atom. The van der Waals surface area contributed by atoms with Gasteiger partial charge in [0.1, 0.15) is 17.8 Å². The molecular weight excluding hydrogens is 326 g/mol. The van der Waals surface area contributed by atoms with Gasteiger partial charge in [-0.2, -0.15) is 0 Å². The van der Waals surface area contributed by atoms with Gasteiger partial charge >= 0.3 is 5.63 Å². The number of fused-ring (bicyclic) bond motifs is 2. The molecule has 7 heteroatoms. The monoisotopic (exact) mass is 343 g/mol. The quantitative estimate of drug-likeness (QED) is 0.773. The number of carbonyl (C=O) groups excluding carboxylic acids is 2. The van der Waals surface area contributed by atoms with E-state index in [0.29, 0.717) is 43.0 Å². The van der Waals surface area contributed by atoms with Gasteiger partial charge in [-0.05, 0) is 18.6 Å². The van der Waals surface area contributed by atoms with Crippen LogP contribution in [0.1, 0.15) is 24.8 Å². The minimum Gasteiger partial charge on any atom is -0.450 e. The van der Waals surface area contributed by atoms with Crippen LogP contribution in [0.5, 0.6) is 11.5 Å². The number of aryl methyl sites for hydroxylation is 1. The summed E-state index contributed by atoms with van der Waals surface area (Å²) >= 11 is 0. The van der Waals surface area contributed by atoms with E-state index in [9.17, 15) is 14.4 Å². The van der Waals surface area contributed by atoms with E-state index in [-0.39, 0.29) is 18.1 Å². The fourth-order valence-corrected chi connectivity index (χ4v) is 3.18. The fourth-order valence-electron chi connectivity index (χ4n) is 3.18. The van der Waals surface area contributed by atoms with Crippen LogP contribution in [0.3, 0.4) is 0 Å². The van der Waals surface area contributed by atoms with E-state index in [1.165, 1.54) is 6.07 Å². The Morgan fingerprint density at radius 1 is 1.12 bits per heavy atom. The van der Waals surface area contributed by atoms with Crippen molar-refractivity contribution >= 4 is 22.7 Å². The summed E-state index contributed by atoms with van der Waals surface area (Å²) in [6.07, 6.45) is 0.163. The first-order valence-corrected chi connectivity index (χ1v) is 8.21. The first kappa shape index (κ1) is 15.7. The van der Waals surface area contributed by atoms with Gasteiger partial charge in [-0.15, -0.1) is 0 Å². The number of rotatable bonds is 2. The second-order valence-electron chi connectivity index (χ2n) is 6.33. The highest BCUT2D eigenvalue weighted by atomic mass is 16.7. The Morgan fingerprint density at radius 2 is 1.80 bits per heavy atom. The molecule has 7 nitrogen and oxygen atoms in total. The third-order valence-corrected chi connectivity index (χ3v) is 4.55. The molecule has 2 aliphatic rings. The lowest BCUT2D eigenvalue weighted by Gasteiger charge is -2.26. The van der Waals surface area contributed by atoms with Crippen LogP contribution in [0.15, 0.2) is 27.4 Å². The van der Waals surface area contributed by atoms with E-state index in [1.54, 1.807) is 17.0 Å². The molecule has 0 radical (unpaired) electrons. The maximum Gasteiger partial charge on any atom is 0.336 e. The molecule has 2 aromatic rings. The first-order chi connectivity index (χ1) is 12.0. The Hall–Kier alpha value is -2.83. The van der Waals surface area contributed by atoms with Crippen molar-refractivity contribution in [3.8, 4) is 11.5 Å². The molecule has 1 aromatic carbocycles. The van der Waals surface area contributed by atoms with E-state index in [0.717, 1.165) is 10.9 Å².